The molecule has 0 spiro atoms. The van der Waals surface area contributed by atoms with E-state index in [4.69, 9.17) is 24.2 Å². The molecule has 0 aliphatic rings. The van der Waals surface area contributed by atoms with Crippen LogP contribution in [0.15, 0.2) is 47.8 Å². The number of aromatic nitrogens is 1. The van der Waals surface area contributed by atoms with Crippen LogP contribution in [0.4, 0.5) is 0 Å². The third-order valence-electron chi connectivity index (χ3n) is 3.22. The van der Waals surface area contributed by atoms with E-state index in [0.29, 0.717) is 50.2 Å². The lowest BCUT2D eigenvalue weighted by Crippen LogP contribution is -2.11. The number of hydrogen-bond acceptors (Lipinski definition) is 7. The number of pyridine rings is 1. The molecule has 7 heteroatoms. The average molecular weight is 346 g/mol. The van der Waals surface area contributed by atoms with Crippen LogP contribution in [0.25, 0.3) is 0 Å². The summed E-state index contributed by atoms with van der Waals surface area (Å²) >= 11 is 0. The molecule has 134 valence electrons. The molecular weight excluding hydrogens is 324 g/mol. The van der Waals surface area contributed by atoms with Crippen molar-refractivity contribution < 1.29 is 24.2 Å². The molecule has 0 saturated carbocycles. The zero-order valence-electron chi connectivity index (χ0n) is 14.1. The molecule has 1 heterocycles. The number of rotatable bonds is 11. The summed E-state index contributed by atoms with van der Waals surface area (Å²) in [6, 6.07) is 11.4. The fourth-order valence-electron chi connectivity index (χ4n) is 2.04. The van der Waals surface area contributed by atoms with E-state index in [-0.39, 0.29) is 0 Å². The Morgan fingerprint density at radius 2 is 1.84 bits per heavy atom. The van der Waals surface area contributed by atoms with Gasteiger partial charge in [0.2, 0.25) is 0 Å². The number of hydrogen-bond donors (Lipinski definition) is 1. The Hall–Kier alpha value is -2.64. The maximum Gasteiger partial charge on any atom is 0.189 e. The van der Waals surface area contributed by atoms with Gasteiger partial charge in [-0.25, -0.2) is 0 Å². The molecular formula is C18H22N2O5. The minimum atomic E-state index is 0.347. The first-order valence-electron chi connectivity index (χ1n) is 7.87. The molecule has 25 heavy (non-hydrogen) atoms. The zero-order valence-corrected chi connectivity index (χ0v) is 14.1. The molecule has 2 aromatic rings. The molecule has 0 unspecified atom stereocenters. The van der Waals surface area contributed by atoms with Crippen LogP contribution in [0.3, 0.4) is 0 Å². The summed E-state index contributed by atoms with van der Waals surface area (Å²) in [5.41, 5.74) is 1.39. The smallest absolute Gasteiger partial charge is 0.189 e. The van der Waals surface area contributed by atoms with Crippen LogP contribution in [0.2, 0.25) is 0 Å². The second-order valence-electron chi connectivity index (χ2n) is 5.00. The Kier molecular flexibility index (Phi) is 8.23. The molecule has 1 aromatic carbocycles. The van der Waals surface area contributed by atoms with Crippen molar-refractivity contribution in [3.05, 3.63) is 53.9 Å². The van der Waals surface area contributed by atoms with E-state index in [1.807, 2.05) is 30.3 Å². The monoisotopic (exact) mass is 346 g/mol. The van der Waals surface area contributed by atoms with Gasteiger partial charge in [0.05, 0.1) is 26.0 Å². The van der Waals surface area contributed by atoms with E-state index in [0.717, 1.165) is 5.56 Å². The quantitative estimate of drug-likeness (QED) is 0.291. The van der Waals surface area contributed by atoms with Crippen molar-refractivity contribution in [2.45, 2.75) is 6.61 Å². The number of oxime groups is 1. The van der Waals surface area contributed by atoms with Crippen molar-refractivity contribution in [2.24, 2.45) is 5.16 Å². The van der Waals surface area contributed by atoms with Gasteiger partial charge in [0.15, 0.2) is 11.5 Å². The van der Waals surface area contributed by atoms with Gasteiger partial charge in [-0.2, -0.15) is 0 Å². The van der Waals surface area contributed by atoms with Crippen LogP contribution in [0.5, 0.6) is 11.5 Å². The summed E-state index contributed by atoms with van der Waals surface area (Å²) in [5, 5.41) is 11.8. The van der Waals surface area contributed by atoms with Gasteiger partial charge in [0.1, 0.15) is 18.9 Å². The normalized spacial score (nSPS) is 10.9. The van der Waals surface area contributed by atoms with Crippen LogP contribution in [-0.4, -0.2) is 49.9 Å². The molecule has 0 radical (unpaired) electrons. The van der Waals surface area contributed by atoms with Crippen molar-refractivity contribution >= 4 is 6.21 Å². The number of methoxy groups -OCH3 is 1. The summed E-state index contributed by atoms with van der Waals surface area (Å²) < 4.78 is 21.9. The lowest BCUT2D eigenvalue weighted by Gasteiger charge is -2.14. The third-order valence-corrected chi connectivity index (χ3v) is 3.22. The fraction of sp³-hybridized carbons (Fsp3) is 0.333. The Balaban J connectivity index is 2.00. The van der Waals surface area contributed by atoms with Gasteiger partial charge in [-0.3, -0.25) is 4.98 Å². The molecule has 0 atom stereocenters. The highest BCUT2D eigenvalue weighted by Gasteiger charge is 2.12. The van der Waals surface area contributed by atoms with E-state index in [1.54, 1.807) is 19.4 Å². The predicted octanol–water partition coefficient (Wildman–Crippen LogP) is 2.51. The van der Waals surface area contributed by atoms with Gasteiger partial charge in [-0.1, -0.05) is 35.5 Å². The Morgan fingerprint density at radius 1 is 1.04 bits per heavy atom. The molecule has 7 nitrogen and oxygen atoms in total. The summed E-state index contributed by atoms with van der Waals surface area (Å²) in [4.78, 5) is 4.15. The van der Waals surface area contributed by atoms with Crippen LogP contribution >= 0.6 is 0 Å². The molecule has 0 aliphatic heterocycles. The van der Waals surface area contributed by atoms with E-state index >= 15 is 0 Å². The first-order valence-corrected chi connectivity index (χ1v) is 7.87. The highest BCUT2D eigenvalue weighted by molar-refractivity contribution is 5.81. The largest absolute Gasteiger partial charge is 0.487 e. The number of nitrogens with zero attached hydrogens (tertiary/aromatic N) is 2. The summed E-state index contributed by atoms with van der Waals surface area (Å²) in [6.07, 6.45) is 2.77. The molecule has 1 N–H and O–H groups in total. The predicted molar refractivity (Wildman–Crippen MR) is 92.6 cm³/mol. The van der Waals surface area contributed by atoms with Crippen LogP contribution in [0.1, 0.15) is 11.3 Å². The molecule has 0 amide bonds. The van der Waals surface area contributed by atoms with Crippen molar-refractivity contribution in [2.75, 3.05) is 33.5 Å². The Bertz CT molecular complexity index is 649. The lowest BCUT2D eigenvalue weighted by atomic mass is 10.2. The third kappa shape index (κ3) is 6.40. The van der Waals surface area contributed by atoms with Crippen LogP contribution in [-0.2, 0) is 16.1 Å². The van der Waals surface area contributed by atoms with Crippen LogP contribution < -0.4 is 9.47 Å². The standard InChI is InChI=1S/C18H22N2O5/c1-22-9-10-23-11-12-24-17-7-8-19-16(13-20-21)18(17)25-14-15-5-3-2-4-6-15/h2-8,13,21H,9-12,14H2,1H3. The molecule has 0 saturated heterocycles. The maximum atomic E-state index is 8.82. The van der Waals surface area contributed by atoms with Crippen LogP contribution in [0, 0.1) is 0 Å². The molecule has 2 rings (SSSR count). The van der Waals surface area contributed by atoms with Gasteiger partial charge in [-0.15, -0.1) is 0 Å². The molecule has 0 aliphatic carbocycles. The highest BCUT2D eigenvalue weighted by atomic mass is 16.6. The van der Waals surface area contributed by atoms with Gasteiger partial charge < -0.3 is 24.2 Å². The Morgan fingerprint density at radius 3 is 2.60 bits per heavy atom. The molecule has 1 aromatic heterocycles. The summed E-state index contributed by atoms with van der Waals surface area (Å²) in [5.74, 6) is 0.928. The highest BCUT2D eigenvalue weighted by Crippen LogP contribution is 2.29. The van der Waals surface area contributed by atoms with E-state index in [2.05, 4.69) is 10.1 Å². The summed E-state index contributed by atoms with van der Waals surface area (Å²) in [6.45, 7) is 2.17. The topological polar surface area (TPSA) is 82.4 Å². The molecule has 0 fully saturated rings. The van der Waals surface area contributed by atoms with Crippen molar-refractivity contribution in [3.8, 4) is 11.5 Å². The van der Waals surface area contributed by atoms with E-state index in [1.165, 1.54) is 6.21 Å². The minimum absolute atomic E-state index is 0.347. The van der Waals surface area contributed by atoms with E-state index < -0.39 is 0 Å². The van der Waals surface area contributed by atoms with Crippen molar-refractivity contribution in [1.82, 2.24) is 4.98 Å². The fourth-order valence-corrected chi connectivity index (χ4v) is 2.04. The first-order chi connectivity index (χ1) is 12.3. The SMILES string of the molecule is COCCOCCOc1ccnc(C=NO)c1OCc1ccccc1. The van der Waals surface area contributed by atoms with Crippen molar-refractivity contribution in [1.29, 1.82) is 0 Å². The minimum Gasteiger partial charge on any atom is -0.487 e. The Labute approximate surface area is 146 Å². The van der Waals surface area contributed by atoms with Gasteiger partial charge in [0, 0.05) is 19.4 Å². The van der Waals surface area contributed by atoms with E-state index in [9.17, 15) is 0 Å². The first kappa shape index (κ1) is 18.7. The van der Waals surface area contributed by atoms with Gasteiger partial charge >= 0.3 is 0 Å². The van der Waals surface area contributed by atoms with Gasteiger partial charge in [-0.05, 0) is 5.56 Å². The second-order valence-corrected chi connectivity index (χ2v) is 5.00. The molecule has 0 bridgehead atoms. The maximum absolute atomic E-state index is 8.82. The second kappa shape index (κ2) is 11.0. The number of benzene rings is 1. The zero-order chi connectivity index (χ0) is 17.7. The van der Waals surface area contributed by atoms with Crippen molar-refractivity contribution in [3.63, 3.8) is 0 Å². The summed E-state index contributed by atoms with van der Waals surface area (Å²) in [7, 11) is 1.62. The van der Waals surface area contributed by atoms with Gasteiger partial charge in [0.25, 0.3) is 0 Å². The lowest BCUT2D eigenvalue weighted by molar-refractivity contribution is 0.0538. The average Bonchev–Trinajstić information content (AvgIpc) is 2.65. The number of ether oxygens (including phenoxy) is 4.